The minimum Gasteiger partial charge on any atom is -0.380 e. The van der Waals surface area contributed by atoms with Gasteiger partial charge in [0.15, 0.2) is 11.6 Å². The van der Waals surface area contributed by atoms with Gasteiger partial charge in [0.2, 0.25) is 0 Å². The number of likely N-dealkylation sites (N-methyl/N-ethyl adjacent to an activating group) is 1. The molecule has 9 heteroatoms. The van der Waals surface area contributed by atoms with Crippen molar-refractivity contribution in [2.45, 2.75) is 39.0 Å². The number of hydrogen-bond acceptors (Lipinski definition) is 6. The molecule has 2 aromatic carbocycles. The Balaban J connectivity index is 1.24. The number of nitrogens with zero attached hydrogens (tertiary/aromatic N) is 3. The Hall–Kier alpha value is -3.82. The predicted octanol–water partition coefficient (Wildman–Crippen LogP) is 5.41. The molecule has 214 valence electrons. The molecule has 0 amide bonds. The van der Waals surface area contributed by atoms with E-state index in [0.717, 1.165) is 52.8 Å². The summed E-state index contributed by atoms with van der Waals surface area (Å²) in [6, 6.07) is 13.4. The number of nitrogens with one attached hydrogen (secondary N) is 1. The molecule has 1 aromatic heterocycles. The highest BCUT2D eigenvalue weighted by Gasteiger charge is 2.34. The second-order valence-corrected chi connectivity index (χ2v) is 10.9. The van der Waals surface area contributed by atoms with Crippen molar-refractivity contribution in [1.82, 2.24) is 14.8 Å². The van der Waals surface area contributed by atoms with Crippen LogP contribution in [0.1, 0.15) is 50.8 Å². The lowest BCUT2D eigenvalue weighted by Gasteiger charge is -2.33. The number of piperazine rings is 1. The van der Waals surface area contributed by atoms with Crippen LogP contribution in [-0.2, 0) is 36.9 Å². The zero-order chi connectivity index (χ0) is 29.1. The van der Waals surface area contributed by atoms with E-state index in [2.05, 4.69) is 15.2 Å². The molecule has 1 aliphatic carbocycles. The van der Waals surface area contributed by atoms with Gasteiger partial charge in [0.25, 0.3) is 0 Å². The highest BCUT2D eigenvalue weighted by molar-refractivity contribution is 6.00. The molecule has 2 aliphatic rings. The number of ketones is 2. The number of carbonyl (C=O) groups is 2. The fraction of sp³-hybridized carbons (Fsp3) is 0.344. The Morgan fingerprint density at radius 2 is 1.76 bits per heavy atom. The molecule has 0 unspecified atom stereocenters. The number of allylic oxidation sites excluding steroid dienone is 1. The van der Waals surface area contributed by atoms with E-state index in [-0.39, 0.29) is 35.7 Å². The highest BCUT2D eigenvalue weighted by atomic mass is 19.4. The summed E-state index contributed by atoms with van der Waals surface area (Å²) < 4.78 is 41.9. The third-order valence-corrected chi connectivity index (χ3v) is 7.72. The number of fused-ring (bicyclic) bond motifs is 1. The fourth-order valence-corrected chi connectivity index (χ4v) is 5.26. The number of pyridine rings is 1. The van der Waals surface area contributed by atoms with E-state index in [1.165, 1.54) is 12.1 Å². The van der Waals surface area contributed by atoms with E-state index < -0.39 is 11.7 Å². The summed E-state index contributed by atoms with van der Waals surface area (Å²) in [5.74, 6) is -0.317. The van der Waals surface area contributed by atoms with Crippen LogP contribution < -0.4 is 5.32 Å². The fourth-order valence-electron chi connectivity index (χ4n) is 5.26. The molecule has 0 atom stereocenters. The van der Waals surface area contributed by atoms with Crippen LogP contribution in [0.5, 0.6) is 0 Å². The van der Waals surface area contributed by atoms with Gasteiger partial charge in [-0.15, -0.1) is 0 Å². The van der Waals surface area contributed by atoms with Gasteiger partial charge in [0.05, 0.1) is 23.1 Å². The van der Waals surface area contributed by atoms with Gasteiger partial charge in [-0.25, -0.2) is 0 Å². The van der Waals surface area contributed by atoms with Crippen molar-refractivity contribution in [3.63, 3.8) is 0 Å². The number of hydrogen-bond donors (Lipinski definition) is 1. The van der Waals surface area contributed by atoms with Crippen LogP contribution >= 0.6 is 0 Å². The lowest BCUT2D eigenvalue weighted by molar-refractivity contribution is -0.138. The lowest BCUT2D eigenvalue weighted by Crippen LogP contribution is -2.44. The maximum Gasteiger partial charge on any atom is 0.416 e. The standard InChI is InChI=1S/C32H33F3N4O2/c1-21(40)26-14-27-15-28(19-37-30(27)17-26)36-18-23-5-3-4-22(12-23)13-31(41)24-6-7-25(29(16-24)32(33,34)35)20-39-10-8-38(2)9-11-39/h3-7,12,14-16,19,36H,8-11,13,17-18,20H2,1-2H3. The summed E-state index contributed by atoms with van der Waals surface area (Å²) in [6.07, 6.45) is -0.397. The Morgan fingerprint density at radius 1 is 1.00 bits per heavy atom. The summed E-state index contributed by atoms with van der Waals surface area (Å²) in [7, 11) is 2.00. The minimum atomic E-state index is -4.54. The van der Waals surface area contributed by atoms with E-state index in [1.54, 1.807) is 19.2 Å². The first-order valence-electron chi connectivity index (χ1n) is 13.7. The Morgan fingerprint density at radius 3 is 2.49 bits per heavy atom. The monoisotopic (exact) mass is 562 g/mol. The Labute approximate surface area is 237 Å². The smallest absolute Gasteiger partial charge is 0.380 e. The number of aromatic nitrogens is 1. The van der Waals surface area contributed by atoms with Crippen molar-refractivity contribution < 1.29 is 22.8 Å². The van der Waals surface area contributed by atoms with Crippen molar-refractivity contribution in [2.24, 2.45) is 0 Å². The van der Waals surface area contributed by atoms with Crippen LogP contribution in [0, 0.1) is 0 Å². The van der Waals surface area contributed by atoms with Crippen LogP contribution in [0.4, 0.5) is 18.9 Å². The molecule has 1 saturated heterocycles. The molecular formula is C32H33F3N4O2. The maximum atomic E-state index is 14.0. The average molecular weight is 563 g/mol. The second-order valence-electron chi connectivity index (χ2n) is 10.9. The first kappa shape index (κ1) is 28.7. The molecule has 41 heavy (non-hydrogen) atoms. The van der Waals surface area contributed by atoms with Crippen LogP contribution in [0.15, 0.2) is 60.3 Å². The topological polar surface area (TPSA) is 65.5 Å². The zero-order valence-corrected chi connectivity index (χ0v) is 23.2. The molecule has 1 fully saturated rings. The highest BCUT2D eigenvalue weighted by Crippen LogP contribution is 2.34. The summed E-state index contributed by atoms with van der Waals surface area (Å²) in [4.78, 5) is 33.4. The molecule has 0 bridgehead atoms. The van der Waals surface area contributed by atoms with Crippen molar-refractivity contribution in [3.8, 4) is 0 Å². The first-order valence-corrected chi connectivity index (χ1v) is 13.7. The van der Waals surface area contributed by atoms with Crippen molar-refractivity contribution in [2.75, 3.05) is 38.5 Å². The number of rotatable bonds is 9. The Kier molecular flexibility index (Phi) is 8.37. The normalized spacial score (nSPS) is 15.9. The second kappa shape index (κ2) is 12.0. The van der Waals surface area contributed by atoms with Gasteiger partial charge in [0.1, 0.15) is 0 Å². The molecule has 1 aliphatic heterocycles. The number of Topliss-reactive ketones (excluding diaryl/α,β-unsaturated/α-hetero) is 2. The number of carbonyl (C=O) groups excluding carboxylic acids is 2. The Bertz CT molecular complexity index is 1490. The van der Waals surface area contributed by atoms with E-state index >= 15 is 0 Å². The molecule has 0 spiro atoms. The quantitative estimate of drug-likeness (QED) is 0.352. The zero-order valence-electron chi connectivity index (χ0n) is 23.2. The van der Waals surface area contributed by atoms with Crippen molar-refractivity contribution in [1.29, 1.82) is 0 Å². The van der Waals surface area contributed by atoms with Gasteiger partial charge in [-0.2, -0.15) is 13.2 Å². The van der Waals surface area contributed by atoms with Gasteiger partial charge in [-0.05, 0) is 54.4 Å². The average Bonchev–Trinajstić information content (AvgIpc) is 3.37. The van der Waals surface area contributed by atoms with E-state index in [1.807, 2.05) is 42.3 Å². The van der Waals surface area contributed by atoms with Crippen LogP contribution in [0.3, 0.4) is 0 Å². The summed E-state index contributed by atoms with van der Waals surface area (Å²) in [5, 5.41) is 3.32. The predicted molar refractivity (Wildman–Crippen MR) is 153 cm³/mol. The van der Waals surface area contributed by atoms with Gasteiger partial charge < -0.3 is 10.2 Å². The number of alkyl halides is 3. The minimum absolute atomic E-state index is 0.00195. The maximum absolute atomic E-state index is 14.0. The molecule has 2 heterocycles. The number of benzene rings is 2. The molecule has 6 nitrogen and oxygen atoms in total. The third-order valence-electron chi connectivity index (χ3n) is 7.72. The SMILES string of the molecule is CC(=O)C1=Cc2cc(NCc3cccc(CC(=O)c4ccc(CN5CCN(C)CC5)c(C(F)(F)F)c4)c3)cnc2C1. The lowest BCUT2D eigenvalue weighted by atomic mass is 9.97. The summed E-state index contributed by atoms with van der Waals surface area (Å²) in [5.41, 5.74) is 4.52. The molecule has 5 rings (SSSR count). The van der Waals surface area contributed by atoms with E-state index in [4.69, 9.17) is 0 Å². The number of halogens is 3. The van der Waals surface area contributed by atoms with E-state index in [9.17, 15) is 22.8 Å². The summed E-state index contributed by atoms with van der Waals surface area (Å²) >= 11 is 0. The van der Waals surface area contributed by atoms with Gasteiger partial charge in [-0.1, -0.05) is 36.4 Å². The van der Waals surface area contributed by atoms with E-state index in [0.29, 0.717) is 26.1 Å². The van der Waals surface area contributed by atoms with Gasteiger partial charge in [-0.3, -0.25) is 19.5 Å². The third kappa shape index (κ3) is 7.10. The molecule has 0 saturated carbocycles. The van der Waals surface area contributed by atoms with Crippen molar-refractivity contribution in [3.05, 3.63) is 99.4 Å². The summed E-state index contributed by atoms with van der Waals surface area (Å²) in [6.45, 7) is 5.28. The molecule has 0 radical (unpaired) electrons. The van der Waals surface area contributed by atoms with Crippen LogP contribution in [0.25, 0.3) is 6.08 Å². The number of anilines is 1. The molecule has 1 N–H and O–H groups in total. The van der Waals surface area contributed by atoms with Gasteiger partial charge >= 0.3 is 6.18 Å². The molecular weight excluding hydrogens is 529 g/mol. The molecule has 3 aromatic rings. The van der Waals surface area contributed by atoms with Crippen LogP contribution in [-0.4, -0.2) is 59.6 Å². The van der Waals surface area contributed by atoms with Crippen molar-refractivity contribution >= 4 is 23.3 Å². The van der Waals surface area contributed by atoms with Gasteiger partial charge in [0, 0.05) is 63.2 Å². The first-order chi connectivity index (χ1) is 19.5. The largest absolute Gasteiger partial charge is 0.416 e. The van der Waals surface area contributed by atoms with Crippen LogP contribution in [0.2, 0.25) is 0 Å².